The van der Waals surface area contributed by atoms with E-state index < -0.39 is 0 Å². The van der Waals surface area contributed by atoms with Gasteiger partial charge in [-0.15, -0.1) is 0 Å². The number of phenolic OH excluding ortho intramolecular Hbond substituents is 1. The van der Waals surface area contributed by atoms with Crippen LogP contribution in [0.4, 0.5) is 0 Å². The second-order valence-electron chi connectivity index (χ2n) is 4.12. The molecule has 20 heavy (non-hydrogen) atoms. The largest absolute Gasteiger partial charge is 0.507 e. The zero-order valence-corrected chi connectivity index (χ0v) is 10.6. The van der Waals surface area contributed by atoms with Crippen LogP contribution in [0.2, 0.25) is 0 Å². The zero-order chi connectivity index (χ0) is 14.1. The number of aromatic nitrogens is 3. The number of ether oxygens (including phenoxy) is 1. The topological polar surface area (TPSA) is 83.4 Å². The number of benzene rings is 1. The van der Waals surface area contributed by atoms with Crippen molar-refractivity contribution in [3.05, 3.63) is 42.2 Å². The van der Waals surface area contributed by atoms with E-state index in [9.17, 15) is 5.11 Å². The normalized spacial score (nSPS) is 10.4. The average molecular weight is 266 g/mol. The highest BCUT2D eigenvalue weighted by Gasteiger charge is 2.13. The summed E-state index contributed by atoms with van der Waals surface area (Å²) in [6.07, 6.45) is 3.03. The molecule has 0 aliphatic rings. The Hall–Kier alpha value is -3.07. The van der Waals surface area contributed by atoms with Gasteiger partial charge in [-0.25, -0.2) is 9.50 Å². The average Bonchev–Trinajstić information content (AvgIpc) is 2.90. The van der Waals surface area contributed by atoms with E-state index in [0.717, 1.165) is 0 Å². The van der Waals surface area contributed by atoms with Crippen LogP contribution in [-0.4, -0.2) is 26.8 Å². The molecule has 0 aliphatic heterocycles. The minimum Gasteiger partial charge on any atom is -0.507 e. The van der Waals surface area contributed by atoms with E-state index >= 15 is 0 Å². The van der Waals surface area contributed by atoms with Crippen molar-refractivity contribution in [2.75, 3.05) is 7.11 Å². The molecule has 1 aromatic carbocycles. The van der Waals surface area contributed by atoms with E-state index in [2.05, 4.69) is 10.1 Å². The molecule has 1 N–H and O–H groups in total. The summed E-state index contributed by atoms with van der Waals surface area (Å²) in [6, 6.07) is 8.76. The maximum atomic E-state index is 10.1. The van der Waals surface area contributed by atoms with E-state index in [0.29, 0.717) is 28.2 Å². The monoisotopic (exact) mass is 266 g/mol. The lowest BCUT2D eigenvalue weighted by Crippen LogP contribution is -1.96. The summed E-state index contributed by atoms with van der Waals surface area (Å²) in [7, 11) is 1.53. The van der Waals surface area contributed by atoms with Crippen molar-refractivity contribution in [1.82, 2.24) is 14.6 Å². The van der Waals surface area contributed by atoms with Gasteiger partial charge in [-0.1, -0.05) is 0 Å². The third-order valence-corrected chi connectivity index (χ3v) is 3.00. The standard InChI is InChI=1S/C14H10N4O2/c1-20-10-2-3-11(13(19)6-10)12-4-5-16-14-9(7-15)8-17-18(12)14/h2-6,8,19H,1H3. The molecule has 2 heterocycles. The van der Waals surface area contributed by atoms with Gasteiger partial charge in [0, 0.05) is 17.8 Å². The second-order valence-corrected chi connectivity index (χ2v) is 4.12. The number of fused-ring (bicyclic) bond motifs is 1. The predicted molar refractivity (Wildman–Crippen MR) is 71.4 cm³/mol. The molecule has 3 aromatic rings. The molecule has 98 valence electrons. The highest BCUT2D eigenvalue weighted by Crippen LogP contribution is 2.32. The summed E-state index contributed by atoms with van der Waals surface area (Å²) < 4.78 is 6.58. The van der Waals surface area contributed by atoms with Gasteiger partial charge in [-0.3, -0.25) is 0 Å². The van der Waals surface area contributed by atoms with Crippen molar-refractivity contribution in [2.45, 2.75) is 0 Å². The first kappa shape index (κ1) is 12.0. The number of hydrogen-bond acceptors (Lipinski definition) is 5. The molecular formula is C14H10N4O2. The highest BCUT2D eigenvalue weighted by atomic mass is 16.5. The number of hydrogen-bond donors (Lipinski definition) is 1. The van der Waals surface area contributed by atoms with Crippen LogP contribution >= 0.6 is 0 Å². The summed E-state index contributed by atoms with van der Waals surface area (Å²) in [5.41, 5.74) is 2.09. The number of rotatable bonds is 2. The molecule has 6 heteroatoms. The van der Waals surface area contributed by atoms with Crippen molar-refractivity contribution >= 4 is 5.65 Å². The van der Waals surface area contributed by atoms with Crippen LogP contribution in [0.15, 0.2) is 36.7 Å². The number of nitriles is 1. The summed E-state index contributed by atoms with van der Waals surface area (Å²) in [5, 5.41) is 23.2. The molecule has 0 bridgehead atoms. The second kappa shape index (κ2) is 4.55. The zero-order valence-electron chi connectivity index (χ0n) is 10.6. The predicted octanol–water partition coefficient (Wildman–Crippen LogP) is 1.98. The van der Waals surface area contributed by atoms with Crippen molar-refractivity contribution in [1.29, 1.82) is 5.26 Å². The number of methoxy groups -OCH3 is 1. The van der Waals surface area contributed by atoms with Gasteiger partial charge in [-0.05, 0) is 18.2 Å². The van der Waals surface area contributed by atoms with E-state index in [1.807, 2.05) is 6.07 Å². The Bertz CT molecular complexity index is 833. The lowest BCUT2D eigenvalue weighted by Gasteiger charge is -2.08. The molecule has 3 rings (SSSR count). The summed E-state index contributed by atoms with van der Waals surface area (Å²) in [6.45, 7) is 0. The van der Waals surface area contributed by atoms with Crippen LogP contribution in [0.1, 0.15) is 5.56 Å². The van der Waals surface area contributed by atoms with Crippen LogP contribution in [-0.2, 0) is 0 Å². The first-order chi connectivity index (χ1) is 9.74. The molecular weight excluding hydrogens is 256 g/mol. The third-order valence-electron chi connectivity index (χ3n) is 3.00. The molecule has 0 spiro atoms. The molecule has 0 saturated carbocycles. The fourth-order valence-electron chi connectivity index (χ4n) is 2.03. The molecule has 6 nitrogen and oxygen atoms in total. The van der Waals surface area contributed by atoms with Crippen LogP contribution < -0.4 is 4.74 Å². The van der Waals surface area contributed by atoms with Gasteiger partial charge in [0.05, 0.1) is 19.0 Å². The molecule has 0 aliphatic carbocycles. The summed E-state index contributed by atoms with van der Waals surface area (Å²) in [5.74, 6) is 0.639. The maximum Gasteiger partial charge on any atom is 0.173 e. The van der Waals surface area contributed by atoms with Crippen molar-refractivity contribution in [2.24, 2.45) is 0 Å². The Morgan fingerprint density at radius 3 is 2.90 bits per heavy atom. The number of nitrogens with zero attached hydrogens (tertiary/aromatic N) is 4. The summed E-state index contributed by atoms with van der Waals surface area (Å²) >= 11 is 0. The minimum atomic E-state index is 0.0749. The van der Waals surface area contributed by atoms with Crippen LogP contribution in [0.5, 0.6) is 11.5 Å². The van der Waals surface area contributed by atoms with Gasteiger partial charge in [0.1, 0.15) is 23.1 Å². The van der Waals surface area contributed by atoms with Crippen molar-refractivity contribution < 1.29 is 9.84 Å². The first-order valence-corrected chi connectivity index (χ1v) is 5.85. The minimum absolute atomic E-state index is 0.0749. The highest BCUT2D eigenvalue weighted by molar-refractivity contribution is 5.71. The molecule has 0 fully saturated rings. The van der Waals surface area contributed by atoms with Crippen LogP contribution in [0, 0.1) is 11.3 Å². The Balaban J connectivity index is 2.25. The van der Waals surface area contributed by atoms with E-state index in [1.54, 1.807) is 24.4 Å². The molecule has 0 saturated heterocycles. The van der Waals surface area contributed by atoms with Gasteiger partial charge in [0.25, 0.3) is 0 Å². The van der Waals surface area contributed by atoms with E-state index in [-0.39, 0.29) is 5.75 Å². The van der Waals surface area contributed by atoms with Crippen LogP contribution in [0.25, 0.3) is 16.9 Å². The van der Waals surface area contributed by atoms with Crippen LogP contribution in [0.3, 0.4) is 0 Å². The van der Waals surface area contributed by atoms with Crippen molar-refractivity contribution in [3.8, 4) is 28.8 Å². The Morgan fingerprint density at radius 2 is 2.20 bits per heavy atom. The SMILES string of the molecule is COc1ccc(-c2ccnc3c(C#N)cnn23)c(O)c1. The smallest absolute Gasteiger partial charge is 0.173 e. The maximum absolute atomic E-state index is 10.1. The lowest BCUT2D eigenvalue weighted by atomic mass is 10.1. The molecule has 0 atom stereocenters. The fraction of sp³-hybridized carbons (Fsp3) is 0.0714. The fourth-order valence-corrected chi connectivity index (χ4v) is 2.03. The number of aromatic hydroxyl groups is 1. The first-order valence-electron chi connectivity index (χ1n) is 5.85. The van der Waals surface area contributed by atoms with Crippen molar-refractivity contribution in [3.63, 3.8) is 0 Å². The van der Waals surface area contributed by atoms with E-state index in [4.69, 9.17) is 10.00 Å². The quantitative estimate of drug-likeness (QED) is 0.766. The molecule has 2 aromatic heterocycles. The van der Waals surface area contributed by atoms with E-state index in [1.165, 1.54) is 23.9 Å². The Kier molecular flexibility index (Phi) is 2.73. The number of phenols is 1. The molecule has 0 radical (unpaired) electrons. The van der Waals surface area contributed by atoms with Gasteiger partial charge in [-0.2, -0.15) is 10.4 Å². The third kappa shape index (κ3) is 1.73. The van der Waals surface area contributed by atoms with Gasteiger partial charge < -0.3 is 9.84 Å². The molecule has 0 unspecified atom stereocenters. The van der Waals surface area contributed by atoms with Gasteiger partial charge in [0.2, 0.25) is 0 Å². The van der Waals surface area contributed by atoms with Gasteiger partial charge in [0.15, 0.2) is 5.65 Å². The Labute approximate surface area is 114 Å². The molecule has 0 amide bonds. The van der Waals surface area contributed by atoms with Gasteiger partial charge >= 0.3 is 0 Å². The lowest BCUT2D eigenvalue weighted by molar-refractivity contribution is 0.408. The Morgan fingerprint density at radius 1 is 1.35 bits per heavy atom. The summed E-state index contributed by atoms with van der Waals surface area (Å²) in [4.78, 5) is 4.13.